The topological polar surface area (TPSA) is 58.1 Å². The number of benzene rings is 1. The van der Waals surface area contributed by atoms with Gasteiger partial charge in [-0.1, -0.05) is 12.8 Å². The number of fused-ring (bicyclic) bond motifs is 1. The minimum absolute atomic E-state index is 0.135. The first-order valence-corrected chi connectivity index (χ1v) is 16.0. The molecule has 1 N–H and O–H groups in total. The van der Waals surface area contributed by atoms with E-state index in [-0.39, 0.29) is 12.0 Å². The highest BCUT2D eigenvalue weighted by Crippen LogP contribution is 2.41. The predicted octanol–water partition coefficient (Wildman–Crippen LogP) is 5.62. The molecule has 2 aliphatic heterocycles. The fourth-order valence-corrected chi connectivity index (χ4v) is 7.94. The van der Waals surface area contributed by atoms with Gasteiger partial charge in [-0.05, 0) is 80.8 Å². The number of morpholine rings is 1. The number of thioether (sulfide) groups is 1. The standard InChI is InChI=1S/C31H46FN3O3S/c1-37-25-6-7-29-27(20-25)30(24(21-33-29)22-35-14-17-38-18-15-35)28(32)8-9-31(23-36)10-12-34(13-11-31)16-19-39-26-4-2-3-5-26/h6-7,20-21,26,28,36H,2-5,8-19,22-23H2,1H3/t28-/m0/s1. The summed E-state index contributed by atoms with van der Waals surface area (Å²) < 4.78 is 27.4. The first-order chi connectivity index (χ1) is 19.1. The van der Waals surface area contributed by atoms with Crippen LogP contribution in [0.4, 0.5) is 4.39 Å². The minimum Gasteiger partial charge on any atom is -0.497 e. The van der Waals surface area contributed by atoms with Gasteiger partial charge in [0.05, 0.1) is 25.8 Å². The second kappa shape index (κ2) is 13.9. The van der Waals surface area contributed by atoms with E-state index < -0.39 is 6.17 Å². The smallest absolute Gasteiger partial charge is 0.126 e. The molecule has 216 valence electrons. The summed E-state index contributed by atoms with van der Waals surface area (Å²) in [5, 5.41) is 12.2. The SMILES string of the molecule is COc1ccc2ncc(CN3CCOCC3)c([C@@H](F)CCC3(CO)CCN(CCSC4CCCC4)CC3)c2c1. The summed E-state index contributed by atoms with van der Waals surface area (Å²) >= 11 is 2.15. The van der Waals surface area contributed by atoms with Gasteiger partial charge in [0.25, 0.3) is 0 Å². The Hall–Kier alpha value is -1.45. The summed E-state index contributed by atoms with van der Waals surface area (Å²) in [6, 6.07) is 5.73. The van der Waals surface area contributed by atoms with E-state index in [4.69, 9.17) is 9.47 Å². The molecule has 1 aromatic carbocycles. The molecule has 2 aromatic rings. The van der Waals surface area contributed by atoms with Gasteiger partial charge in [0, 0.05) is 60.9 Å². The van der Waals surface area contributed by atoms with Gasteiger partial charge in [-0.15, -0.1) is 0 Å². The minimum atomic E-state index is -1.12. The third-order valence-corrected chi connectivity index (χ3v) is 10.6. The van der Waals surface area contributed by atoms with Crippen molar-refractivity contribution in [2.45, 2.75) is 69.3 Å². The molecule has 0 unspecified atom stereocenters. The molecule has 0 bridgehead atoms. The maximum absolute atomic E-state index is 16.4. The van der Waals surface area contributed by atoms with Crippen LogP contribution < -0.4 is 4.74 Å². The molecule has 3 fully saturated rings. The first-order valence-electron chi connectivity index (χ1n) is 14.9. The van der Waals surface area contributed by atoms with Gasteiger partial charge in [0.2, 0.25) is 0 Å². The molecule has 3 heterocycles. The molecule has 6 nitrogen and oxygen atoms in total. The van der Waals surface area contributed by atoms with Crippen LogP contribution in [0.25, 0.3) is 10.9 Å². The number of hydrogen-bond donors (Lipinski definition) is 1. The Balaban J connectivity index is 1.24. The van der Waals surface area contributed by atoms with Gasteiger partial charge in [-0.25, -0.2) is 4.39 Å². The third kappa shape index (κ3) is 7.45. The number of pyridine rings is 1. The number of nitrogens with zero attached hydrogens (tertiary/aromatic N) is 3. The van der Waals surface area contributed by atoms with Crippen LogP contribution in [0, 0.1) is 5.41 Å². The number of aromatic nitrogens is 1. The van der Waals surface area contributed by atoms with Crippen LogP contribution in [0.3, 0.4) is 0 Å². The number of aliphatic hydroxyl groups is 1. The molecule has 0 spiro atoms. The normalized spacial score (nSPS) is 21.9. The highest BCUT2D eigenvalue weighted by Gasteiger charge is 2.35. The molecule has 0 amide bonds. The van der Waals surface area contributed by atoms with Gasteiger partial charge in [-0.3, -0.25) is 9.88 Å². The number of rotatable bonds is 12. The summed E-state index contributed by atoms with van der Waals surface area (Å²) in [5.74, 6) is 1.92. The van der Waals surface area contributed by atoms with Crippen LogP contribution >= 0.6 is 11.8 Å². The molecular formula is C31H46FN3O3S. The highest BCUT2D eigenvalue weighted by molar-refractivity contribution is 7.99. The molecule has 3 aliphatic rings. The van der Waals surface area contributed by atoms with E-state index in [2.05, 4.69) is 26.5 Å². The lowest BCUT2D eigenvalue weighted by molar-refractivity contribution is 0.0311. The molecular weight excluding hydrogens is 513 g/mol. The summed E-state index contributed by atoms with van der Waals surface area (Å²) in [6.45, 7) is 7.03. The molecule has 2 saturated heterocycles. The molecule has 1 saturated carbocycles. The van der Waals surface area contributed by atoms with Gasteiger partial charge >= 0.3 is 0 Å². The Bertz CT molecular complexity index is 1050. The number of piperidine rings is 1. The van der Waals surface area contributed by atoms with Crippen molar-refractivity contribution in [1.29, 1.82) is 0 Å². The number of likely N-dealkylation sites (tertiary alicyclic amines) is 1. The highest BCUT2D eigenvalue weighted by atomic mass is 32.2. The zero-order valence-electron chi connectivity index (χ0n) is 23.6. The second-order valence-corrected chi connectivity index (χ2v) is 13.2. The van der Waals surface area contributed by atoms with Crippen molar-refractivity contribution >= 4 is 22.7 Å². The quantitative estimate of drug-likeness (QED) is 0.362. The molecule has 8 heteroatoms. The van der Waals surface area contributed by atoms with Crippen molar-refractivity contribution in [3.8, 4) is 5.75 Å². The van der Waals surface area contributed by atoms with Gasteiger partial charge < -0.3 is 19.5 Å². The maximum atomic E-state index is 16.4. The molecule has 5 rings (SSSR count). The number of methoxy groups -OCH3 is 1. The number of halogens is 1. The molecule has 1 aromatic heterocycles. The van der Waals surface area contributed by atoms with Crippen LogP contribution in [-0.2, 0) is 11.3 Å². The number of ether oxygens (including phenoxy) is 2. The summed E-state index contributed by atoms with van der Waals surface area (Å²) in [6.07, 6.45) is 9.28. The van der Waals surface area contributed by atoms with E-state index in [0.717, 1.165) is 72.8 Å². The summed E-state index contributed by atoms with van der Waals surface area (Å²) in [4.78, 5) is 9.54. The third-order valence-electron chi connectivity index (χ3n) is 9.25. The molecule has 0 radical (unpaired) electrons. The Labute approximate surface area is 237 Å². The molecule has 39 heavy (non-hydrogen) atoms. The van der Waals surface area contributed by atoms with Crippen molar-refractivity contribution in [3.63, 3.8) is 0 Å². The summed E-state index contributed by atoms with van der Waals surface area (Å²) in [7, 11) is 1.64. The van der Waals surface area contributed by atoms with Crippen LogP contribution in [0.2, 0.25) is 0 Å². The van der Waals surface area contributed by atoms with E-state index >= 15 is 4.39 Å². The Morgan fingerprint density at radius 1 is 1.15 bits per heavy atom. The number of aliphatic hydroxyl groups excluding tert-OH is 1. The van der Waals surface area contributed by atoms with Crippen molar-refractivity contribution in [1.82, 2.24) is 14.8 Å². The van der Waals surface area contributed by atoms with E-state index in [1.165, 1.54) is 31.4 Å². The van der Waals surface area contributed by atoms with E-state index in [1.54, 1.807) is 7.11 Å². The van der Waals surface area contributed by atoms with Gasteiger partial charge in [0.15, 0.2) is 0 Å². The van der Waals surface area contributed by atoms with Crippen LogP contribution in [-0.4, -0.2) is 90.5 Å². The van der Waals surface area contributed by atoms with Gasteiger partial charge in [-0.2, -0.15) is 11.8 Å². The lowest BCUT2D eigenvalue weighted by atomic mass is 9.74. The average molecular weight is 560 g/mol. The van der Waals surface area contributed by atoms with Crippen LogP contribution in [0.1, 0.15) is 68.7 Å². The largest absolute Gasteiger partial charge is 0.497 e. The van der Waals surface area contributed by atoms with Crippen molar-refractivity contribution in [2.75, 3.05) is 65.4 Å². The van der Waals surface area contributed by atoms with Gasteiger partial charge in [0.1, 0.15) is 11.9 Å². The van der Waals surface area contributed by atoms with Crippen molar-refractivity contribution in [3.05, 3.63) is 35.5 Å². The lowest BCUT2D eigenvalue weighted by Gasteiger charge is -2.41. The van der Waals surface area contributed by atoms with Crippen LogP contribution in [0.15, 0.2) is 24.4 Å². The maximum Gasteiger partial charge on any atom is 0.126 e. The second-order valence-electron chi connectivity index (χ2n) is 11.8. The monoisotopic (exact) mass is 559 g/mol. The fourth-order valence-electron chi connectivity index (χ4n) is 6.58. The Kier molecular flexibility index (Phi) is 10.4. The van der Waals surface area contributed by atoms with E-state index in [1.807, 2.05) is 24.4 Å². The Morgan fingerprint density at radius 3 is 2.64 bits per heavy atom. The van der Waals surface area contributed by atoms with Crippen molar-refractivity contribution < 1.29 is 19.0 Å². The zero-order valence-corrected chi connectivity index (χ0v) is 24.4. The Morgan fingerprint density at radius 2 is 1.92 bits per heavy atom. The molecule has 1 aliphatic carbocycles. The lowest BCUT2D eigenvalue weighted by Crippen LogP contribution is -2.43. The predicted molar refractivity (Wildman–Crippen MR) is 157 cm³/mol. The average Bonchev–Trinajstić information content (AvgIpc) is 3.50. The fraction of sp³-hybridized carbons (Fsp3) is 0.710. The van der Waals surface area contributed by atoms with E-state index in [0.29, 0.717) is 38.3 Å². The number of hydrogen-bond acceptors (Lipinski definition) is 7. The van der Waals surface area contributed by atoms with Crippen molar-refractivity contribution in [2.24, 2.45) is 5.41 Å². The number of alkyl halides is 1. The zero-order chi connectivity index (χ0) is 27.1. The summed E-state index contributed by atoms with van der Waals surface area (Å²) in [5.41, 5.74) is 2.28. The first kappa shape index (κ1) is 29.1. The van der Waals surface area contributed by atoms with E-state index in [9.17, 15) is 5.11 Å². The van der Waals surface area contributed by atoms with Crippen LogP contribution in [0.5, 0.6) is 5.75 Å². The molecule has 1 atom stereocenters.